The zero-order chi connectivity index (χ0) is 14.7. The molecule has 0 spiro atoms. The van der Waals surface area contributed by atoms with Gasteiger partial charge in [0.15, 0.2) is 0 Å². The smallest absolute Gasteiger partial charge is 0.143 e. The van der Waals surface area contributed by atoms with Crippen molar-refractivity contribution in [3.63, 3.8) is 0 Å². The second-order valence-electron chi connectivity index (χ2n) is 4.82. The molecule has 0 unspecified atom stereocenters. The highest BCUT2D eigenvalue weighted by molar-refractivity contribution is 5.72. The molecule has 4 heteroatoms. The molecule has 2 rings (SSSR count). The number of aryl methyl sites for hydroxylation is 2. The van der Waals surface area contributed by atoms with E-state index in [0.717, 1.165) is 11.3 Å². The Labute approximate surface area is 118 Å². The van der Waals surface area contributed by atoms with Crippen molar-refractivity contribution in [2.24, 2.45) is 0 Å². The fourth-order valence-electron chi connectivity index (χ4n) is 2.21. The molecule has 3 N–H and O–H groups in total. The predicted molar refractivity (Wildman–Crippen MR) is 80.6 cm³/mol. The van der Waals surface area contributed by atoms with Crippen LogP contribution in [0.15, 0.2) is 30.3 Å². The van der Waals surface area contributed by atoms with Gasteiger partial charge in [-0.05, 0) is 42.7 Å². The quantitative estimate of drug-likeness (QED) is 0.837. The van der Waals surface area contributed by atoms with Gasteiger partial charge >= 0.3 is 0 Å². The molecule has 0 aromatic heterocycles. The van der Waals surface area contributed by atoms with E-state index in [4.69, 9.17) is 10.5 Å². The van der Waals surface area contributed by atoms with Crippen LogP contribution in [0.1, 0.15) is 16.7 Å². The van der Waals surface area contributed by atoms with Crippen molar-refractivity contribution in [2.75, 3.05) is 18.2 Å². The van der Waals surface area contributed by atoms with Gasteiger partial charge in [-0.15, -0.1) is 0 Å². The zero-order valence-corrected chi connectivity index (χ0v) is 12.0. The monoisotopic (exact) mass is 274 g/mol. The van der Waals surface area contributed by atoms with Gasteiger partial charge in [0.2, 0.25) is 0 Å². The Bertz CT molecular complexity index is 603. The molecule has 3 nitrogen and oxygen atoms in total. The van der Waals surface area contributed by atoms with Crippen LogP contribution in [-0.2, 0) is 6.54 Å². The largest absolute Gasteiger partial charge is 0.495 e. The number of benzene rings is 2. The summed E-state index contributed by atoms with van der Waals surface area (Å²) in [6.07, 6.45) is 0. The first-order valence-corrected chi connectivity index (χ1v) is 6.45. The fourth-order valence-corrected chi connectivity index (χ4v) is 2.21. The number of rotatable bonds is 4. The lowest BCUT2D eigenvalue weighted by molar-refractivity contribution is 0.417. The minimum atomic E-state index is -0.144. The van der Waals surface area contributed by atoms with Crippen LogP contribution in [0, 0.1) is 19.7 Å². The predicted octanol–water partition coefficient (Wildman–Crippen LogP) is 3.65. The van der Waals surface area contributed by atoms with Gasteiger partial charge in [-0.25, -0.2) is 4.39 Å². The van der Waals surface area contributed by atoms with Gasteiger partial charge in [0.05, 0.1) is 18.5 Å². The van der Waals surface area contributed by atoms with E-state index in [1.807, 2.05) is 30.3 Å². The lowest BCUT2D eigenvalue weighted by Crippen LogP contribution is -2.04. The highest BCUT2D eigenvalue weighted by Crippen LogP contribution is 2.29. The van der Waals surface area contributed by atoms with Crippen LogP contribution >= 0.6 is 0 Å². The van der Waals surface area contributed by atoms with E-state index in [1.165, 1.54) is 0 Å². The van der Waals surface area contributed by atoms with Crippen LogP contribution in [0.4, 0.5) is 15.8 Å². The lowest BCUT2D eigenvalue weighted by Gasteiger charge is -2.13. The number of halogens is 1. The summed E-state index contributed by atoms with van der Waals surface area (Å²) in [7, 11) is 1.59. The van der Waals surface area contributed by atoms with Crippen LogP contribution in [0.2, 0.25) is 0 Å². The number of nitrogens with two attached hydrogens (primary N) is 1. The number of anilines is 2. The van der Waals surface area contributed by atoms with Gasteiger partial charge in [-0.1, -0.05) is 18.2 Å². The standard InChI is InChI=1S/C16H19FN2O/c1-10-7-12(8-11(2)15(10)17)9-19-13-5-4-6-14(20-3)16(13)18/h4-8,19H,9,18H2,1-3H3. The average Bonchev–Trinajstić information content (AvgIpc) is 2.43. The number of ether oxygens (including phenoxy) is 1. The molecule has 2 aromatic carbocycles. The highest BCUT2D eigenvalue weighted by atomic mass is 19.1. The van der Waals surface area contributed by atoms with Crippen molar-refractivity contribution in [1.82, 2.24) is 0 Å². The Balaban J connectivity index is 2.17. The van der Waals surface area contributed by atoms with Crippen LogP contribution < -0.4 is 15.8 Å². The van der Waals surface area contributed by atoms with Gasteiger partial charge in [-0.2, -0.15) is 0 Å². The van der Waals surface area contributed by atoms with Crippen LogP contribution in [0.25, 0.3) is 0 Å². The molecule has 0 bridgehead atoms. The van der Waals surface area contributed by atoms with Crippen molar-refractivity contribution in [2.45, 2.75) is 20.4 Å². The number of hydrogen-bond acceptors (Lipinski definition) is 3. The van der Waals surface area contributed by atoms with Crippen molar-refractivity contribution < 1.29 is 9.13 Å². The molecule has 0 aliphatic rings. The average molecular weight is 274 g/mol. The van der Waals surface area contributed by atoms with Gasteiger partial charge in [-0.3, -0.25) is 0 Å². The number of hydrogen-bond donors (Lipinski definition) is 2. The Hall–Kier alpha value is -2.23. The topological polar surface area (TPSA) is 47.3 Å². The number of nitrogen functional groups attached to an aromatic ring is 1. The maximum Gasteiger partial charge on any atom is 0.143 e. The first kappa shape index (κ1) is 14.2. The molecule has 20 heavy (non-hydrogen) atoms. The fraction of sp³-hybridized carbons (Fsp3) is 0.250. The molecule has 0 atom stereocenters. The van der Waals surface area contributed by atoms with Crippen molar-refractivity contribution >= 4 is 11.4 Å². The minimum absolute atomic E-state index is 0.144. The molecular formula is C16H19FN2O. The number of para-hydroxylation sites is 1. The second kappa shape index (κ2) is 5.82. The normalized spacial score (nSPS) is 10.4. The molecule has 0 saturated heterocycles. The summed E-state index contributed by atoms with van der Waals surface area (Å²) in [5, 5.41) is 3.25. The SMILES string of the molecule is COc1cccc(NCc2cc(C)c(F)c(C)c2)c1N. The Morgan fingerprint density at radius 1 is 1.20 bits per heavy atom. The third kappa shape index (κ3) is 2.85. The van der Waals surface area contributed by atoms with E-state index in [0.29, 0.717) is 29.1 Å². The third-order valence-corrected chi connectivity index (χ3v) is 3.27. The lowest BCUT2D eigenvalue weighted by atomic mass is 10.1. The van der Waals surface area contributed by atoms with Crippen molar-refractivity contribution in [1.29, 1.82) is 0 Å². The summed E-state index contributed by atoms with van der Waals surface area (Å²) < 4.78 is 18.8. The van der Waals surface area contributed by atoms with E-state index in [-0.39, 0.29) is 5.82 Å². The first-order chi connectivity index (χ1) is 9.52. The molecule has 0 fully saturated rings. The van der Waals surface area contributed by atoms with Gasteiger partial charge in [0.25, 0.3) is 0 Å². The summed E-state index contributed by atoms with van der Waals surface area (Å²) in [6.45, 7) is 4.12. The summed E-state index contributed by atoms with van der Waals surface area (Å²) in [5.41, 5.74) is 9.70. The van der Waals surface area contributed by atoms with Crippen molar-refractivity contribution in [3.05, 3.63) is 52.8 Å². The molecule has 0 amide bonds. The molecule has 106 valence electrons. The summed E-state index contributed by atoms with van der Waals surface area (Å²) in [6, 6.07) is 9.25. The van der Waals surface area contributed by atoms with Gasteiger partial charge in [0, 0.05) is 6.54 Å². The number of methoxy groups -OCH3 is 1. The zero-order valence-electron chi connectivity index (χ0n) is 12.0. The maximum atomic E-state index is 13.6. The molecular weight excluding hydrogens is 255 g/mol. The Kier molecular flexibility index (Phi) is 4.13. The van der Waals surface area contributed by atoms with Gasteiger partial charge < -0.3 is 15.8 Å². The van der Waals surface area contributed by atoms with E-state index >= 15 is 0 Å². The highest BCUT2D eigenvalue weighted by Gasteiger charge is 2.07. The van der Waals surface area contributed by atoms with Crippen LogP contribution in [0.5, 0.6) is 5.75 Å². The summed E-state index contributed by atoms with van der Waals surface area (Å²) in [4.78, 5) is 0. The van der Waals surface area contributed by atoms with Gasteiger partial charge in [0.1, 0.15) is 11.6 Å². The van der Waals surface area contributed by atoms with E-state index < -0.39 is 0 Å². The maximum absolute atomic E-state index is 13.6. The molecule has 0 heterocycles. The molecule has 0 aliphatic carbocycles. The van der Waals surface area contributed by atoms with E-state index in [2.05, 4.69) is 5.32 Å². The summed E-state index contributed by atoms with van der Waals surface area (Å²) in [5.74, 6) is 0.496. The third-order valence-electron chi connectivity index (χ3n) is 3.27. The molecule has 2 aromatic rings. The van der Waals surface area contributed by atoms with Crippen molar-refractivity contribution in [3.8, 4) is 5.75 Å². The summed E-state index contributed by atoms with van der Waals surface area (Å²) >= 11 is 0. The molecule has 0 aliphatic heterocycles. The minimum Gasteiger partial charge on any atom is -0.495 e. The van der Waals surface area contributed by atoms with E-state index in [9.17, 15) is 4.39 Å². The molecule has 0 saturated carbocycles. The van der Waals surface area contributed by atoms with E-state index in [1.54, 1.807) is 21.0 Å². The van der Waals surface area contributed by atoms with Crippen LogP contribution in [-0.4, -0.2) is 7.11 Å². The first-order valence-electron chi connectivity index (χ1n) is 6.45. The van der Waals surface area contributed by atoms with Crippen LogP contribution in [0.3, 0.4) is 0 Å². The Morgan fingerprint density at radius 3 is 2.45 bits per heavy atom. The second-order valence-corrected chi connectivity index (χ2v) is 4.82. The Morgan fingerprint density at radius 2 is 1.85 bits per heavy atom. The molecule has 0 radical (unpaired) electrons. The number of nitrogens with one attached hydrogen (secondary N) is 1.